The van der Waals surface area contributed by atoms with Crippen molar-refractivity contribution in [3.8, 4) is 0 Å². The molecule has 0 aliphatic heterocycles. The fourth-order valence-electron chi connectivity index (χ4n) is 4.34. The van der Waals surface area contributed by atoms with Gasteiger partial charge in [0.15, 0.2) is 6.10 Å². The van der Waals surface area contributed by atoms with Crippen LogP contribution in [0.1, 0.15) is 142 Å². The zero-order valence-corrected chi connectivity index (χ0v) is 28.1. The number of aliphatic hydroxyl groups excluding tert-OH is 1. The Morgan fingerprint density at radius 2 is 0.977 bits per heavy atom. The van der Waals surface area contributed by atoms with E-state index in [-0.39, 0.29) is 25.2 Å². The van der Waals surface area contributed by atoms with Crippen LogP contribution in [0, 0.1) is 0 Å². The second-order valence-corrected chi connectivity index (χ2v) is 11.2. The van der Waals surface area contributed by atoms with Crippen LogP contribution in [0.5, 0.6) is 0 Å². The summed E-state index contributed by atoms with van der Waals surface area (Å²) in [5.74, 6) is -0.665. The highest BCUT2D eigenvalue weighted by molar-refractivity contribution is 5.70. The van der Waals surface area contributed by atoms with Gasteiger partial charge in [-0.1, -0.05) is 119 Å². The largest absolute Gasteiger partial charge is 0.462 e. The summed E-state index contributed by atoms with van der Waals surface area (Å²) in [6, 6.07) is 0. The molecular formula is C39H64O5. The maximum Gasteiger partial charge on any atom is 0.306 e. The van der Waals surface area contributed by atoms with Gasteiger partial charge in [0.05, 0.1) is 6.61 Å². The Morgan fingerprint density at radius 1 is 0.545 bits per heavy atom. The van der Waals surface area contributed by atoms with Gasteiger partial charge in [0.2, 0.25) is 0 Å². The first-order chi connectivity index (χ1) is 21.6. The summed E-state index contributed by atoms with van der Waals surface area (Å²) in [6.45, 7) is 3.92. The number of allylic oxidation sites excluding steroid dienone is 12. The van der Waals surface area contributed by atoms with Crippen LogP contribution < -0.4 is 0 Å². The quantitative estimate of drug-likeness (QED) is 0.0496. The van der Waals surface area contributed by atoms with E-state index in [1.807, 2.05) is 0 Å². The van der Waals surface area contributed by atoms with E-state index in [1.54, 1.807) is 0 Å². The Labute approximate surface area is 270 Å². The highest BCUT2D eigenvalue weighted by Crippen LogP contribution is 2.10. The van der Waals surface area contributed by atoms with Crippen molar-refractivity contribution >= 4 is 11.9 Å². The van der Waals surface area contributed by atoms with E-state index >= 15 is 0 Å². The van der Waals surface area contributed by atoms with E-state index in [2.05, 4.69) is 86.8 Å². The first-order valence-corrected chi connectivity index (χ1v) is 17.5. The van der Waals surface area contributed by atoms with E-state index in [0.29, 0.717) is 12.8 Å². The molecule has 250 valence electrons. The van der Waals surface area contributed by atoms with Crippen LogP contribution in [0.3, 0.4) is 0 Å². The third-order valence-corrected chi connectivity index (χ3v) is 6.98. The van der Waals surface area contributed by atoms with E-state index in [0.717, 1.165) is 83.5 Å². The van der Waals surface area contributed by atoms with Crippen molar-refractivity contribution in [2.45, 2.75) is 148 Å². The van der Waals surface area contributed by atoms with Gasteiger partial charge < -0.3 is 14.6 Å². The van der Waals surface area contributed by atoms with Crippen LogP contribution in [0.4, 0.5) is 0 Å². The maximum absolute atomic E-state index is 12.1. The smallest absolute Gasteiger partial charge is 0.306 e. The number of unbranched alkanes of at least 4 members (excludes halogenated alkanes) is 10. The van der Waals surface area contributed by atoms with Crippen molar-refractivity contribution in [2.75, 3.05) is 13.2 Å². The topological polar surface area (TPSA) is 72.8 Å². The van der Waals surface area contributed by atoms with Crippen LogP contribution in [0.25, 0.3) is 0 Å². The minimum atomic E-state index is -0.801. The average Bonchev–Trinajstić information content (AvgIpc) is 3.02. The van der Waals surface area contributed by atoms with Crippen LogP contribution in [0.15, 0.2) is 72.9 Å². The zero-order chi connectivity index (χ0) is 32.2. The minimum absolute atomic E-state index is 0.0940. The van der Waals surface area contributed by atoms with E-state index in [4.69, 9.17) is 9.47 Å². The summed E-state index contributed by atoms with van der Waals surface area (Å²) in [5.41, 5.74) is 0. The van der Waals surface area contributed by atoms with Crippen molar-refractivity contribution in [3.63, 3.8) is 0 Å². The lowest BCUT2D eigenvalue weighted by molar-refractivity contribution is -0.161. The normalized spacial score (nSPS) is 13.1. The van der Waals surface area contributed by atoms with Gasteiger partial charge in [0.1, 0.15) is 6.61 Å². The third-order valence-electron chi connectivity index (χ3n) is 6.98. The number of hydrogen-bond donors (Lipinski definition) is 1. The molecule has 0 aromatic rings. The van der Waals surface area contributed by atoms with Crippen LogP contribution >= 0.6 is 0 Å². The molecule has 0 saturated carbocycles. The lowest BCUT2D eigenvalue weighted by atomic mass is 10.1. The summed E-state index contributed by atoms with van der Waals surface area (Å²) in [4.78, 5) is 24.1. The standard InChI is InChI=1S/C39H64O5/c1-3-5-7-9-11-13-15-17-19-21-23-25-27-29-31-33-38(41)43-36-37(35-40)44-39(42)34-32-30-28-26-24-22-20-18-16-14-12-10-8-6-4-2/h6,8,11-14,17-20,24,26,37,40H,3-5,7,9-10,15-16,21-23,25,27-36H2,1-2H3/b8-6-,13-11-,14-12-,19-17-,20-18-,26-24-/t37-/m0/s1. The molecule has 0 heterocycles. The SMILES string of the molecule is CC/C=C\C/C=C\C/C=C\C/C=C\CCCCC(=O)O[C@@H](CO)COC(=O)CCCCCCC/C=C\C/C=C\CCCCC. The Morgan fingerprint density at radius 3 is 1.52 bits per heavy atom. The van der Waals surface area contributed by atoms with Gasteiger partial charge in [-0.2, -0.15) is 0 Å². The summed E-state index contributed by atoms with van der Waals surface area (Å²) in [7, 11) is 0. The predicted octanol–water partition coefficient (Wildman–Crippen LogP) is 10.6. The highest BCUT2D eigenvalue weighted by Gasteiger charge is 2.16. The molecule has 0 rings (SSSR count). The zero-order valence-electron chi connectivity index (χ0n) is 28.1. The van der Waals surface area contributed by atoms with E-state index < -0.39 is 6.10 Å². The van der Waals surface area contributed by atoms with Gasteiger partial charge in [-0.15, -0.1) is 0 Å². The fourth-order valence-corrected chi connectivity index (χ4v) is 4.34. The molecular weight excluding hydrogens is 548 g/mol. The Bertz CT molecular complexity index is 833. The number of rotatable bonds is 30. The molecule has 0 aromatic heterocycles. The molecule has 0 aliphatic carbocycles. The molecule has 0 unspecified atom stereocenters. The molecule has 0 aromatic carbocycles. The highest BCUT2D eigenvalue weighted by atomic mass is 16.6. The van der Waals surface area contributed by atoms with Gasteiger partial charge in [0, 0.05) is 12.8 Å². The summed E-state index contributed by atoms with van der Waals surface area (Å²) < 4.78 is 10.5. The number of aliphatic hydroxyl groups is 1. The number of hydrogen-bond acceptors (Lipinski definition) is 5. The number of esters is 2. The molecule has 0 fully saturated rings. The maximum atomic E-state index is 12.1. The Balaban J connectivity index is 3.71. The number of carbonyl (C=O) groups is 2. The van der Waals surface area contributed by atoms with Crippen molar-refractivity contribution in [1.29, 1.82) is 0 Å². The molecule has 5 heteroatoms. The van der Waals surface area contributed by atoms with Gasteiger partial charge in [-0.05, 0) is 83.5 Å². The van der Waals surface area contributed by atoms with E-state index in [9.17, 15) is 14.7 Å². The predicted molar refractivity (Wildman–Crippen MR) is 186 cm³/mol. The molecule has 5 nitrogen and oxygen atoms in total. The van der Waals surface area contributed by atoms with Crippen molar-refractivity contribution in [3.05, 3.63) is 72.9 Å². The van der Waals surface area contributed by atoms with Gasteiger partial charge in [-0.3, -0.25) is 9.59 Å². The average molecular weight is 613 g/mol. The second-order valence-electron chi connectivity index (χ2n) is 11.2. The van der Waals surface area contributed by atoms with Gasteiger partial charge in [-0.25, -0.2) is 0 Å². The molecule has 0 saturated heterocycles. The lowest BCUT2D eigenvalue weighted by Gasteiger charge is -2.15. The monoisotopic (exact) mass is 612 g/mol. The first-order valence-electron chi connectivity index (χ1n) is 17.5. The third kappa shape index (κ3) is 32.3. The summed E-state index contributed by atoms with van der Waals surface area (Å²) in [5, 5.41) is 9.51. The fraction of sp³-hybridized carbons (Fsp3) is 0.641. The lowest BCUT2D eigenvalue weighted by Crippen LogP contribution is -2.28. The van der Waals surface area contributed by atoms with Gasteiger partial charge >= 0.3 is 11.9 Å². The molecule has 0 bridgehead atoms. The molecule has 0 aliphatic rings. The Hall–Kier alpha value is -2.66. The molecule has 1 N–H and O–H groups in total. The van der Waals surface area contributed by atoms with E-state index in [1.165, 1.54) is 32.1 Å². The van der Waals surface area contributed by atoms with Crippen molar-refractivity contribution in [1.82, 2.24) is 0 Å². The van der Waals surface area contributed by atoms with Crippen LogP contribution in [0.2, 0.25) is 0 Å². The second kappa shape index (κ2) is 34.8. The number of carbonyl (C=O) groups excluding carboxylic acids is 2. The number of ether oxygens (including phenoxy) is 2. The van der Waals surface area contributed by atoms with Gasteiger partial charge in [0.25, 0.3) is 0 Å². The molecule has 0 amide bonds. The summed E-state index contributed by atoms with van der Waals surface area (Å²) >= 11 is 0. The van der Waals surface area contributed by atoms with Crippen molar-refractivity contribution < 1.29 is 24.2 Å². The first kappa shape index (κ1) is 41.3. The molecule has 0 spiro atoms. The van der Waals surface area contributed by atoms with Crippen molar-refractivity contribution in [2.24, 2.45) is 0 Å². The molecule has 44 heavy (non-hydrogen) atoms. The van der Waals surface area contributed by atoms with Crippen LogP contribution in [-0.4, -0.2) is 36.4 Å². The molecule has 0 radical (unpaired) electrons. The van der Waals surface area contributed by atoms with Crippen LogP contribution in [-0.2, 0) is 19.1 Å². The Kier molecular flexibility index (Phi) is 32.7. The summed E-state index contributed by atoms with van der Waals surface area (Å²) in [6.07, 6.45) is 45.2. The minimum Gasteiger partial charge on any atom is -0.462 e. The molecule has 1 atom stereocenters.